The van der Waals surface area contributed by atoms with Crippen LogP contribution in [-0.4, -0.2) is 9.97 Å². The van der Waals surface area contributed by atoms with Gasteiger partial charge >= 0.3 is 0 Å². The Bertz CT molecular complexity index is 595. The van der Waals surface area contributed by atoms with Crippen molar-refractivity contribution in [3.8, 4) is 0 Å². The van der Waals surface area contributed by atoms with E-state index >= 15 is 0 Å². The van der Waals surface area contributed by atoms with Crippen molar-refractivity contribution in [2.24, 2.45) is 5.84 Å². The van der Waals surface area contributed by atoms with Gasteiger partial charge in [-0.15, -0.1) is 0 Å². The van der Waals surface area contributed by atoms with E-state index < -0.39 is 0 Å². The largest absolute Gasteiger partial charge is 0.340 e. The SMILES string of the molecule is CCCc1c(NN)ncnc1Nc1ccccc1C(C)C. The van der Waals surface area contributed by atoms with Crippen LogP contribution in [0.4, 0.5) is 17.3 Å². The summed E-state index contributed by atoms with van der Waals surface area (Å²) in [5, 5.41) is 3.44. The zero-order valence-corrected chi connectivity index (χ0v) is 12.9. The van der Waals surface area contributed by atoms with Crippen LogP contribution in [-0.2, 0) is 6.42 Å². The molecule has 1 aromatic heterocycles. The van der Waals surface area contributed by atoms with Crippen molar-refractivity contribution in [2.75, 3.05) is 10.7 Å². The molecule has 5 nitrogen and oxygen atoms in total. The molecule has 0 aliphatic rings. The molecule has 5 heteroatoms. The number of benzene rings is 1. The third-order valence-corrected chi connectivity index (χ3v) is 3.42. The average molecular weight is 285 g/mol. The van der Waals surface area contributed by atoms with E-state index in [4.69, 9.17) is 5.84 Å². The molecule has 2 rings (SSSR count). The fraction of sp³-hybridized carbons (Fsp3) is 0.375. The zero-order valence-electron chi connectivity index (χ0n) is 12.9. The summed E-state index contributed by atoms with van der Waals surface area (Å²) in [4.78, 5) is 8.57. The lowest BCUT2D eigenvalue weighted by molar-refractivity contribution is 0.867. The molecule has 4 N–H and O–H groups in total. The van der Waals surface area contributed by atoms with Crippen LogP contribution in [0.1, 0.15) is 44.2 Å². The Kier molecular flexibility index (Phi) is 5.11. The van der Waals surface area contributed by atoms with Gasteiger partial charge in [0.15, 0.2) is 0 Å². The summed E-state index contributed by atoms with van der Waals surface area (Å²) < 4.78 is 0. The first-order chi connectivity index (χ1) is 10.2. The fourth-order valence-corrected chi connectivity index (χ4v) is 2.37. The summed E-state index contributed by atoms with van der Waals surface area (Å²) in [6, 6.07) is 8.29. The van der Waals surface area contributed by atoms with E-state index in [0.717, 1.165) is 29.9 Å². The number of nitrogens with one attached hydrogen (secondary N) is 2. The van der Waals surface area contributed by atoms with Crippen molar-refractivity contribution < 1.29 is 0 Å². The van der Waals surface area contributed by atoms with Crippen LogP contribution in [0.25, 0.3) is 0 Å². The lowest BCUT2D eigenvalue weighted by atomic mass is 10.0. The molecular formula is C16H23N5. The van der Waals surface area contributed by atoms with Crippen LogP contribution in [0.15, 0.2) is 30.6 Å². The molecule has 0 amide bonds. The number of hydrogen-bond donors (Lipinski definition) is 3. The number of nitrogens with zero attached hydrogens (tertiary/aromatic N) is 2. The fourth-order valence-electron chi connectivity index (χ4n) is 2.37. The predicted octanol–water partition coefficient (Wildman–Crippen LogP) is 3.58. The van der Waals surface area contributed by atoms with Gasteiger partial charge in [-0.25, -0.2) is 15.8 Å². The van der Waals surface area contributed by atoms with Crippen molar-refractivity contribution in [3.05, 3.63) is 41.7 Å². The second-order valence-electron chi connectivity index (χ2n) is 5.31. The van der Waals surface area contributed by atoms with Crippen LogP contribution in [0.3, 0.4) is 0 Å². The van der Waals surface area contributed by atoms with E-state index in [0.29, 0.717) is 11.7 Å². The number of hydrogen-bond acceptors (Lipinski definition) is 5. The average Bonchev–Trinajstić information content (AvgIpc) is 2.49. The quantitative estimate of drug-likeness (QED) is 0.558. The maximum atomic E-state index is 5.55. The minimum Gasteiger partial charge on any atom is -0.340 e. The number of para-hydroxylation sites is 1. The topological polar surface area (TPSA) is 75.9 Å². The molecule has 0 aliphatic carbocycles. The third-order valence-electron chi connectivity index (χ3n) is 3.42. The highest BCUT2D eigenvalue weighted by molar-refractivity contribution is 5.67. The Morgan fingerprint density at radius 2 is 1.86 bits per heavy atom. The minimum absolute atomic E-state index is 0.442. The number of rotatable bonds is 6. The standard InChI is InChI=1S/C16H23N5/c1-4-7-13-15(18-10-19-16(13)21-17)20-14-9-6-5-8-12(14)11(2)3/h5-6,8-11H,4,7,17H2,1-3H3,(H2,18,19,20,21). The van der Waals surface area contributed by atoms with Crippen LogP contribution in [0.2, 0.25) is 0 Å². The molecule has 21 heavy (non-hydrogen) atoms. The third kappa shape index (κ3) is 3.49. The molecule has 0 radical (unpaired) electrons. The number of hydrazine groups is 1. The Labute approximate surface area is 126 Å². The molecule has 1 aromatic carbocycles. The van der Waals surface area contributed by atoms with E-state index in [-0.39, 0.29) is 0 Å². The smallest absolute Gasteiger partial charge is 0.148 e. The predicted molar refractivity (Wildman–Crippen MR) is 87.7 cm³/mol. The van der Waals surface area contributed by atoms with E-state index in [1.807, 2.05) is 6.07 Å². The monoisotopic (exact) mass is 285 g/mol. The van der Waals surface area contributed by atoms with E-state index in [1.54, 1.807) is 0 Å². The second kappa shape index (κ2) is 7.04. The first-order valence-electron chi connectivity index (χ1n) is 7.33. The molecule has 1 heterocycles. The highest BCUT2D eigenvalue weighted by Gasteiger charge is 2.12. The van der Waals surface area contributed by atoms with Gasteiger partial charge in [-0.3, -0.25) is 0 Å². The number of anilines is 3. The second-order valence-corrected chi connectivity index (χ2v) is 5.31. The molecule has 0 spiro atoms. The van der Waals surface area contributed by atoms with Gasteiger partial charge in [-0.1, -0.05) is 45.4 Å². The van der Waals surface area contributed by atoms with Gasteiger partial charge in [0.1, 0.15) is 18.0 Å². The van der Waals surface area contributed by atoms with Gasteiger partial charge in [0.05, 0.1) is 0 Å². The highest BCUT2D eigenvalue weighted by Crippen LogP contribution is 2.29. The van der Waals surface area contributed by atoms with Crippen molar-refractivity contribution in [2.45, 2.75) is 39.5 Å². The van der Waals surface area contributed by atoms with Crippen LogP contribution in [0, 0.1) is 0 Å². The Morgan fingerprint density at radius 1 is 1.14 bits per heavy atom. The van der Waals surface area contributed by atoms with Gasteiger partial charge in [0.2, 0.25) is 0 Å². The summed E-state index contributed by atoms with van der Waals surface area (Å²) in [7, 11) is 0. The van der Waals surface area contributed by atoms with Crippen molar-refractivity contribution >= 4 is 17.3 Å². The van der Waals surface area contributed by atoms with Crippen LogP contribution >= 0.6 is 0 Å². The Morgan fingerprint density at radius 3 is 2.52 bits per heavy atom. The van der Waals surface area contributed by atoms with Crippen molar-refractivity contribution in [1.29, 1.82) is 0 Å². The molecule has 0 saturated heterocycles. The molecular weight excluding hydrogens is 262 g/mol. The maximum Gasteiger partial charge on any atom is 0.148 e. The van der Waals surface area contributed by atoms with Gasteiger partial charge in [0.25, 0.3) is 0 Å². The van der Waals surface area contributed by atoms with Crippen molar-refractivity contribution in [1.82, 2.24) is 9.97 Å². The molecule has 2 aromatic rings. The zero-order chi connectivity index (χ0) is 15.2. The molecule has 0 bridgehead atoms. The molecule has 112 valence electrons. The molecule has 0 saturated carbocycles. The highest BCUT2D eigenvalue weighted by atomic mass is 15.3. The van der Waals surface area contributed by atoms with Gasteiger partial charge in [0, 0.05) is 11.3 Å². The number of nitrogen functional groups attached to an aromatic ring is 1. The van der Waals surface area contributed by atoms with Gasteiger partial charge < -0.3 is 10.7 Å². The summed E-state index contributed by atoms with van der Waals surface area (Å²) in [5.41, 5.74) is 6.01. The number of aromatic nitrogens is 2. The first-order valence-corrected chi connectivity index (χ1v) is 7.33. The van der Waals surface area contributed by atoms with E-state index in [2.05, 4.69) is 59.7 Å². The summed E-state index contributed by atoms with van der Waals surface area (Å²) >= 11 is 0. The normalized spacial score (nSPS) is 10.7. The maximum absolute atomic E-state index is 5.55. The van der Waals surface area contributed by atoms with Crippen LogP contribution < -0.4 is 16.6 Å². The lowest BCUT2D eigenvalue weighted by Gasteiger charge is -2.17. The van der Waals surface area contributed by atoms with E-state index in [9.17, 15) is 0 Å². The molecule has 0 fully saturated rings. The van der Waals surface area contributed by atoms with E-state index in [1.165, 1.54) is 11.9 Å². The molecule has 0 atom stereocenters. The summed E-state index contributed by atoms with van der Waals surface area (Å²) in [6.45, 7) is 6.49. The molecule has 0 aliphatic heterocycles. The minimum atomic E-state index is 0.442. The summed E-state index contributed by atoms with van der Waals surface area (Å²) in [6.07, 6.45) is 3.39. The Hall–Kier alpha value is -2.14. The van der Waals surface area contributed by atoms with Crippen molar-refractivity contribution in [3.63, 3.8) is 0 Å². The first kappa shape index (κ1) is 15.3. The van der Waals surface area contributed by atoms with Crippen LogP contribution in [0.5, 0.6) is 0 Å². The summed E-state index contributed by atoms with van der Waals surface area (Å²) in [5.74, 6) is 7.49. The van der Waals surface area contributed by atoms with Gasteiger partial charge in [-0.05, 0) is 24.0 Å². The number of nitrogens with two attached hydrogens (primary N) is 1. The van der Waals surface area contributed by atoms with Gasteiger partial charge in [-0.2, -0.15) is 0 Å². The lowest BCUT2D eigenvalue weighted by Crippen LogP contribution is -2.13. The Balaban J connectivity index is 2.40. The molecule has 0 unspecified atom stereocenters.